The fourth-order valence-electron chi connectivity index (χ4n) is 5.59. The van der Waals surface area contributed by atoms with Crippen LogP contribution in [-0.4, -0.2) is 19.2 Å². The van der Waals surface area contributed by atoms with Crippen LogP contribution < -0.4 is 4.74 Å². The first-order chi connectivity index (χ1) is 12.7. The van der Waals surface area contributed by atoms with Gasteiger partial charge in [0.15, 0.2) is 0 Å². The maximum Gasteiger partial charge on any atom is 0.309 e. The molecule has 3 nitrogen and oxygen atoms in total. The van der Waals surface area contributed by atoms with Crippen LogP contribution in [0, 0.1) is 28.6 Å². The number of hydrogen-bond acceptors (Lipinski definition) is 3. The molecule has 3 rings (SSSR count). The molecule has 2 aliphatic rings. The van der Waals surface area contributed by atoms with E-state index in [-0.39, 0.29) is 28.8 Å². The third-order valence-electron chi connectivity index (χ3n) is 7.70. The molecule has 148 valence electrons. The van der Waals surface area contributed by atoms with Gasteiger partial charge in [-0.2, -0.15) is 0 Å². The Morgan fingerprint density at radius 1 is 1.30 bits per heavy atom. The second-order valence-corrected chi connectivity index (χ2v) is 9.28. The van der Waals surface area contributed by atoms with Crippen molar-refractivity contribution in [3.05, 3.63) is 42.5 Å². The first-order valence-corrected chi connectivity index (χ1v) is 10.2. The lowest BCUT2D eigenvalue weighted by atomic mass is 9.70. The van der Waals surface area contributed by atoms with Crippen LogP contribution in [0.15, 0.2) is 36.9 Å². The Kier molecular flexibility index (Phi) is 5.42. The fourth-order valence-corrected chi connectivity index (χ4v) is 5.59. The summed E-state index contributed by atoms with van der Waals surface area (Å²) in [5.41, 5.74) is 1.50. The van der Waals surface area contributed by atoms with E-state index in [1.54, 1.807) is 13.2 Å². The van der Waals surface area contributed by atoms with Crippen LogP contribution in [0.4, 0.5) is 0 Å². The number of fused-ring (bicyclic) bond motifs is 2. The van der Waals surface area contributed by atoms with E-state index in [1.165, 1.54) is 12.0 Å². The molecular formula is C24H34O3. The van der Waals surface area contributed by atoms with Gasteiger partial charge in [-0.05, 0) is 54.7 Å². The highest BCUT2D eigenvalue weighted by molar-refractivity contribution is 5.72. The molecule has 0 amide bonds. The summed E-state index contributed by atoms with van der Waals surface area (Å²) in [6.07, 6.45) is 5.75. The van der Waals surface area contributed by atoms with Gasteiger partial charge in [0.2, 0.25) is 0 Å². The number of benzene rings is 1. The van der Waals surface area contributed by atoms with Crippen molar-refractivity contribution in [2.75, 3.05) is 7.11 Å². The standard InChI is InChI=1S/C24H34O3/c1-7-8-16(2)22(25)27-21-19(15-17-9-11-18(26-6)12-10-17)20-13-14-24(21,5)23(20,3)4/h7,9-12,16,19-21H,1,8,13-15H2,2-6H3/t16-,19-,20+,21+,24-/m0/s1. The maximum atomic E-state index is 12.7. The molecule has 2 bridgehead atoms. The summed E-state index contributed by atoms with van der Waals surface area (Å²) >= 11 is 0. The Balaban J connectivity index is 1.85. The quantitative estimate of drug-likeness (QED) is 0.474. The molecule has 1 aromatic carbocycles. The van der Waals surface area contributed by atoms with Crippen molar-refractivity contribution in [1.29, 1.82) is 0 Å². The molecule has 3 heteroatoms. The first-order valence-electron chi connectivity index (χ1n) is 10.2. The lowest BCUT2D eigenvalue weighted by Crippen LogP contribution is -2.42. The van der Waals surface area contributed by atoms with Gasteiger partial charge in [0.25, 0.3) is 0 Å². The number of ether oxygens (including phenoxy) is 2. The van der Waals surface area contributed by atoms with Gasteiger partial charge in [0.05, 0.1) is 13.0 Å². The molecule has 0 aromatic heterocycles. The van der Waals surface area contributed by atoms with E-state index >= 15 is 0 Å². The molecule has 0 spiro atoms. The molecule has 0 radical (unpaired) electrons. The molecule has 0 saturated heterocycles. The van der Waals surface area contributed by atoms with Gasteiger partial charge in [0.1, 0.15) is 11.9 Å². The van der Waals surface area contributed by atoms with E-state index in [9.17, 15) is 4.79 Å². The number of carbonyl (C=O) groups is 1. The summed E-state index contributed by atoms with van der Waals surface area (Å²) in [5.74, 6) is 1.61. The number of esters is 1. The monoisotopic (exact) mass is 370 g/mol. The Morgan fingerprint density at radius 2 is 1.96 bits per heavy atom. The van der Waals surface area contributed by atoms with Gasteiger partial charge in [-0.3, -0.25) is 4.79 Å². The summed E-state index contributed by atoms with van der Waals surface area (Å²) in [6, 6.07) is 8.31. The van der Waals surface area contributed by atoms with E-state index in [0.29, 0.717) is 18.3 Å². The van der Waals surface area contributed by atoms with Gasteiger partial charge in [-0.1, -0.05) is 45.9 Å². The van der Waals surface area contributed by atoms with Crippen molar-refractivity contribution in [1.82, 2.24) is 0 Å². The minimum absolute atomic E-state index is 0.0203. The Labute approximate surface area is 164 Å². The van der Waals surface area contributed by atoms with Crippen LogP contribution in [-0.2, 0) is 16.0 Å². The Bertz CT molecular complexity index is 690. The van der Waals surface area contributed by atoms with Gasteiger partial charge < -0.3 is 9.47 Å². The SMILES string of the molecule is C=CC[C@H](C)C(=O)O[C@@H]1[C@@H](Cc2ccc(OC)cc2)[C@H]2CC[C@]1(C)C2(C)C. The minimum Gasteiger partial charge on any atom is -0.497 e. The predicted octanol–water partition coefficient (Wildman–Crippen LogP) is 5.43. The van der Waals surface area contributed by atoms with Crippen LogP contribution in [0.2, 0.25) is 0 Å². The number of rotatable bonds is 7. The molecule has 2 fully saturated rings. The molecule has 0 heterocycles. The van der Waals surface area contributed by atoms with Crippen molar-refractivity contribution >= 4 is 5.97 Å². The highest BCUT2D eigenvalue weighted by atomic mass is 16.5. The van der Waals surface area contributed by atoms with Crippen LogP contribution in [0.3, 0.4) is 0 Å². The molecule has 2 aliphatic carbocycles. The third-order valence-corrected chi connectivity index (χ3v) is 7.70. The van der Waals surface area contributed by atoms with Crippen molar-refractivity contribution in [3.63, 3.8) is 0 Å². The lowest BCUT2D eigenvalue weighted by Gasteiger charge is -2.40. The van der Waals surface area contributed by atoms with Crippen molar-refractivity contribution in [2.45, 2.75) is 59.5 Å². The molecule has 0 N–H and O–H groups in total. The molecule has 27 heavy (non-hydrogen) atoms. The Hall–Kier alpha value is -1.77. The van der Waals surface area contributed by atoms with Crippen molar-refractivity contribution < 1.29 is 14.3 Å². The van der Waals surface area contributed by atoms with Crippen LogP contribution >= 0.6 is 0 Å². The maximum absolute atomic E-state index is 12.7. The zero-order chi connectivity index (χ0) is 19.8. The topological polar surface area (TPSA) is 35.5 Å². The Morgan fingerprint density at radius 3 is 2.56 bits per heavy atom. The minimum atomic E-state index is -0.130. The smallest absolute Gasteiger partial charge is 0.309 e. The van der Waals surface area contributed by atoms with Gasteiger partial charge in [-0.15, -0.1) is 6.58 Å². The average Bonchev–Trinajstić information content (AvgIpc) is 2.96. The van der Waals surface area contributed by atoms with E-state index in [1.807, 2.05) is 19.1 Å². The molecular weight excluding hydrogens is 336 g/mol. The second-order valence-electron chi connectivity index (χ2n) is 9.28. The zero-order valence-corrected chi connectivity index (χ0v) is 17.5. The van der Waals surface area contributed by atoms with E-state index < -0.39 is 0 Å². The first kappa shape index (κ1) is 20.0. The molecule has 2 saturated carbocycles. The highest BCUT2D eigenvalue weighted by Gasteiger charge is 2.67. The second kappa shape index (κ2) is 7.33. The van der Waals surface area contributed by atoms with Crippen LogP contribution in [0.1, 0.15) is 52.5 Å². The molecule has 0 unspecified atom stereocenters. The number of carbonyl (C=O) groups excluding carboxylic acids is 1. The van der Waals surface area contributed by atoms with E-state index in [0.717, 1.165) is 18.6 Å². The van der Waals surface area contributed by atoms with Gasteiger partial charge >= 0.3 is 5.97 Å². The van der Waals surface area contributed by atoms with Crippen molar-refractivity contribution in [3.8, 4) is 5.75 Å². The number of allylic oxidation sites excluding steroid dienone is 1. The number of methoxy groups -OCH3 is 1. The van der Waals surface area contributed by atoms with Crippen LogP contribution in [0.5, 0.6) is 5.75 Å². The predicted molar refractivity (Wildman–Crippen MR) is 109 cm³/mol. The summed E-state index contributed by atoms with van der Waals surface area (Å²) in [7, 11) is 1.69. The fraction of sp³-hybridized carbons (Fsp3) is 0.625. The summed E-state index contributed by atoms with van der Waals surface area (Å²) in [5, 5.41) is 0. The number of hydrogen-bond donors (Lipinski definition) is 0. The van der Waals surface area contributed by atoms with Crippen molar-refractivity contribution in [2.24, 2.45) is 28.6 Å². The van der Waals surface area contributed by atoms with Gasteiger partial charge in [-0.25, -0.2) is 0 Å². The van der Waals surface area contributed by atoms with Crippen LogP contribution in [0.25, 0.3) is 0 Å². The zero-order valence-electron chi connectivity index (χ0n) is 17.5. The lowest BCUT2D eigenvalue weighted by molar-refractivity contribution is -0.164. The molecule has 1 aromatic rings. The average molecular weight is 371 g/mol. The normalized spacial score (nSPS) is 32.1. The van der Waals surface area contributed by atoms with Gasteiger partial charge in [0, 0.05) is 11.3 Å². The summed E-state index contributed by atoms with van der Waals surface area (Å²) in [4.78, 5) is 12.7. The summed E-state index contributed by atoms with van der Waals surface area (Å²) < 4.78 is 11.5. The largest absolute Gasteiger partial charge is 0.497 e. The summed E-state index contributed by atoms with van der Waals surface area (Å²) in [6.45, 7) is 12.8. The highest BCUT2D eigenvalue weighted by Crippen LogP contribution is 2.69. The van der Waals surface area contributed by atoms with E-state index in [2.05, 4.69) is 39.5 Å². The molecule has 5 atom stereocenters. The molecule has 0 aliphatic heterocycles. The third kappa shape index (κ3) is 3.30. The van der Waals surface area contributed by atoms with E-state index in [4.69, 9.17) is 9.47 Å².